The molecule has 1 aromatic rings. The van der Waals surface area contributed by atoms with Gasteiger partial charge in [0.25, 0.3) is 0 Å². The molecule has 0 aliphatic carbocycles. The molecule has 3 heterocycles. The molecule has 2 unspecified atom stereocenters. The zero-order chi connectivity index (χ0) is 26.7. The molecular weight excluding hydrogens is 476 g/mol. The number of benzene rings is 1. The Morgan fingerprint density at radius 1 is 1.19 bits per heavy atom. The maximum absolute atomic E-state index is 12.0. The Labute approximate surface area is 217 Å². The van der Waals surface area contributed by atoms with Crippen LogP contribution in [0.3, 0.4) is 0 Å². The van der Waals surface area contributed by atoms with Crippen molar-refractivity contribution in [1.29, 1.82) is 0 Å². The summed E-state index contributed by atoms with van der Waals surface area (Å²) in [7, 11) is 0. The van der Waals surface area contributed by atoms with Gasteiger partial charge in [0, 0.05) is 60.2 Å². The number of carbonyl (C=O) groups excluding carboxylic acids is 1. The second-order valence-corrected chi connectivity index (χ2v) is 10.6. The van der Waals surface area contributed by atoms with Crippen LogP contribution in [-0.2, 0) is 4.74 Å². The van der Waals surface area contributed by atoms with Gasteiger partial charge in [0.2, 0.25) is 0 Å². The van der Waals surface area contributed by atoms with Crippen molar-refractivity contribution in [1.82, 2.24) is 20.0 Å². The van der Waals surface area contributed by atoms with Crippen molar-refractivity contribution in [2.24, 2.45) is 4.99 Å². The van der Waals surface area contributed by atoms with Crippen molar-refractivity contribution >= 4 is 23.6 Å². The minimum absolute atomic E-state index is 0.125. The molecule has 37 heavy (non-hydrogen) atoms. The Hall–Kier alpha value is -3.15. The minimum atomic E-state index is -0.913. The molecule has 202 valence electrons. The largest absolute Gasteiger partial charge is 0.465 e. The highest BCUT2D eigenvalue weighted by atomic mass is 16.5. The normalized spacial score (nSPS) is 22.9. The standard InChI is InChI=1S/C26H38N6O5/c1-17-16-37-14-12-31(17)23-20-15-30(25(35)36)11-9-21(20)29-22(32(23)26(2,3)4)18-5-7-19(8-6-18)28-24(34)27-10-13-33/h5-8,17,23,33H,9-16H2,1-4H3,(H,35,36)(H2,27,28,34). The number of amides is 3. The van der Waals surface area contributed by atoms with Crippen molar-refractivity contribution < 1.29 is 24.5 Å². The number of hydrogen-bond donors (Lipinski definition) is 4. The lowest BCUT2D eigenvalue weighted by atomic mass is 9.92. The number of carbonyl (C=O) groups is 2. The Morgan fingerprint density at radius 3 is 2.54 bits per heavy atom. The molecule has 4 rings (SSSR count). The number of rotatable bonds is 5. The maximum Gasteiger partial charge on any atom is 0.407 e. The number of anilines is 1. The fourth-order valence-electron chi connectivity index (χ4n) is 5.14. The van der Waals surface area contributed by atoms with Crippen LogP contribution in [0.1, 0.15) is 39.7 Å². The molecule has 2 atom stereocenters. The first-order valence-corrected chi connectivity index (χ1v) is 12.8. The van der Waals surface area contributed by atoms with Crippen LogP contribution < -0.4 is 10.6 Å². The van der Waals surface area contributed by atoms with Gasteiger partial charge in [0.15, 0.2) is 0 Å². The number of urea groups is 1. The van der Waals surface area contributed by atoms with Gasteiger partial charge in [-0.2, -0.15) is 0 Å². The number of carboxylic acid groups (broad SMARTS) is 1. The number of hydrogen-bond acceptors (Lipinski definition) is 7. The van der Waals surface area contributed by atoms with Crippen LogP contribution in [0.5, 0.6) is 0 Å². The number of aliphatic imine (C=N–C) groups is 1. The van der Waals surface area contributed by atoms with Crippen LogP contribution in [0.4, 0.5) is 15.3 Å². The highest BCUT2D eigenvalue weighted by Crippen LogP contribution is 2.37. The van der Waals surface area contributed by atoms with E-state index < -0.39 is 6.09 Å². The van der Waals surface area contributed by atoms with Crippen molar-refractivity contribution in [3.8, 4) is 0 Å². The van der Waals surface area contributed by atoms with E-state index in [0.717, 1.165) is 29.2 Å². The molecule has 0 aromatic heterocycles. The summed E-state index contributed by atoms with van der Waals surface area (Å²) in [6.45, 7) is 11.3. The molecule has 1 aromatic carbocycles. The van der Waals surface area contributed by atoms with E-state index in [2.05, 4.69) is 48.1 Å². The molecule has 0 saturated carbocycles. The highest BCUT2D eigenvalue weighted by molar-refractivity contribution is 6.01. The maximum atomic E-state index is 12.0. The van der Waals surface area contributed by atoms with Crippen molar-refractivity contribution in [2.45, 2.75) is 51.9 Å². The predicted molar refractivity (Wildman–Crippen MR) is 141 cm³/mol. The molecule has 4 N–H and O–H groups in total. The Balaban J connectivity index is 1.74. The average molecular weight is 515 g/mol. The summed E-state index contributed by atoms with van der Waals surface area (Å²) in [5.41, 5.74) is 3.19. The topological polar surface area (TPSA) is 130 Å². The summed E-state index contributed by atoms with van der Waals surface area (Å²) in [6, 6.07) is 7.32. The fourth-order valence-corrected chi connectivity index (χ4v) is 5.14. The van der Waals surface area contributed by atoms with E-state index >= 15 is 0 Å². The molecule has 3 amide bonds. The van der Waals surface area contributed by atoms with Gasteiger partial charge in [-0.3, -0.25) is 4.90 Å². The first-order chi connectivity index (χ1) is 17.6. The highest BCUT2D eigenvalue weighted by Gasteiger charge is 2.45. The number of morpholine rings is 1. The molecule has 0 spiro atoms. The molecular formula is C26H38N6O5. The number of aliphatic hydroxyl groups excluding tert-OH is 1. The molecule has 11 nitrogen and oxygen atoms in total. The Kier molecular flexibility index (Phi) is 8.05. The van der Waals surface area contributed by atoms with E-state index in [1.54, 1.807) is 0 Å². The van der Waals surface area contributed by atoms with E-state index in [-0.39, 0.29) is 36.9 Å². The van der Waals surface area contributed by atoms with Gasteiger partial charge in [-0.15, -0.1) is 0 Å². The molecule has 1 fully saturated rings. The first-order valence-electron chi connectivity index (χ1n) is 12.8. The zero-order valence-electron chi connectivity index (χ0n) is 22.0. The minimum Gasteiger partial charge on any atom is -0.465 e. The van der Waals surface area contributed by atoms with E-state index in [4.69, 9.17) is 14.8 Å². The van der Waals surface area contributed by atoms with Crippen LogP contribution in [0, 0.1) is 0 Å². The summed E-state index contributed by atoms with van der Waals surface area (Å²) in [6.07, 6.45) is -0.516. The monoisotopic (exact) mass is 514 g/mol. The lowest BCUT2D eigenvalue weighted by Gasteiger charge is -2.54. The molecule has 11 heteroatoms. The molecule has 0 radical (unpaired) electrons. The van der Waals surface area contributed by atoms with Gasteiger partial charge in [-0.1, -0.05) is 0 Å². The number of nitrogens with zero attached hydrogens (tertiary/aromatic N) is 4. The SMILES string of the molecule is CC1COCCN1C1C2=C(CCN(C(=O)O)C2)N=C(c2ccc(NC(=O)NCCO)cc2)N1C(C)(C)C. The second-order valence-electron chi connectivity index (χ2n) is 10.6. The average Bonchev–Trinajstić information content (AvgIpc) is 2.86. The number of aliphatic hydroxyl groups is 1. The van der Waals surface area contributed by atoms with E-state index in [0.29, 0.717) is 38.4 Å². The van der Waals surface area contributed by atoms with Crippen molar-refractivity contribution in [3.63, 3.8) is 0 Å². The quantitative estimate of drug-likeness (QED) is 0.475. The number of amidine groups is 1. The molecule has 0 bridgehead atoms. The summed E-state index contributed by atoms with van der Waals surface area (Å²) in [5, 5.41) is 24.0. The van der Waals surface area contributed by atoms with Gasteiger partial charge in [-0.25, -0.2) is 14.6 Å². The van der Waals surface area contributed by atoms with Gasteiger partial charge < -0.3 is 35.4 Å². The number of nitrogens with one attached hydrogen (secondary N) is 2. The Morgan fingerprint density at radius 2 is 1.92 bits per heavy atom. The van der Waals surface area contributed by atoms with Crippen LogP contribution in [0.2, 0.25) is 0 Å². The second kappa shape index (κ2) is 11.1. The van der Waals surface area contributed by atoms with Crippen molar-refractivity contribution in [3.05, 3.63) is 41.1 Å². The summed E-state index contributed by atoms with van der Waals surface area (Å²) >= 11 is 0. The summed E-state index contributed by atoms with van der Waals surface area (Å²) in [4.78, 5) is 35.2. The molecule has 3 aliphatic rings. The third kappa shape index (κ3) is 5.89. The zero-order valence-corrected chi connectivity index (χ0v) is 22.0. The molecule has 1 saturated heterocycles. The van der Waals surface area contributed by atoms with Gasteiger partial charge in [0.05, 0.1) is 26.4 Å². The van der Waals surface area contributed by atoms with Crippen LogP contribution in [0.25, 0.3) is 0 Å². The summed E-state index contributed by atoms with van der Waals surface area (Å²) in [5.74, 6) is 0.829. The van der Waals surface area contributed by atoms with Gasteiger partial charge in [-0.05, 0) is 52.0 Å². The number of ether oxygens (including phenoxy) is 1. The van der Waals surface area contributed by atoms with Crippen molar-refractivity contribution in [2.75, 3.05) is 51.3 Å². The lowest BCUT2D eigenvalue weighted by molar-refractivity contribution is -0.0562. The third-order valence-electron chi connectivity index (χ3n) is 6.90. The van der Waals surface area contributed by atoms with Gasteiger partial charge in [0.1, 0.15) is 12.0 Å². The first kappa shape index (κ1) is 26.9. The van der Waals surface area contributed by atoms with Crippen LogP contribution in [-0.4, -0.2) is 107 Å². The lowest BCUT2D eigenvalue weighted by Crippen LogP contribution is -2.65. The summed E-state index contributed by atoms with van der Waals surface area (Å²) < 4.78 is 5.74. The van der Waals surface area contributed by atoms with Gasteiger partial charge >= 0.3 is 12.1 Å². The molecule has 3 aliphatic heterocycles. The van der Waals surface area contributed by atoms with Crippen LogP contribution >= 0.6 is 0 Å². The fraction of sp³-hybridized carbons (Fsp3) is 0.577. The third-order valence-corrected chi connectivity index (χ3v) is 6.90. The van der Waals surface area contributed by atoms with E-state index in [1.807, 2.05) is 24.3 Å². The smallest absolute Gasteiger partial charge is 0.407 e. The Bertz CT molecular complexity index is 1060. The van der Waals surface area contributed by atoms with E-state index in [9.17, 15) is 14.7 Å². The predicted octanol–water partition coefficient (Wildman–Crippen LogP) is 2.35. The van der Waals surface area contributed by atoms with E-state index in [1.165, 1.54) is 4.90 Å². The van der Waals surface area contributed by atoms with Crippen LogP contribution in [0.15, 0.2) is 40.5 Å².